The highest BCUT2D eigenvalue weighted by molar-refractivity contribution is 7.90. The molecule has 1 unspecified atom stereocenters. The molecule has 0 aliphatic carbocycles. The molecular formula is C13H16N2O3S. The van der Waals surface area contributed by atoms with Gasteiger partial charge in [0.15, 0.2) is 9.84 Å². The van der Waals surface area contributed by atoms with Crippen LogP contribution in [-0.4, -0.2) is 26.6 Å². The van der Waals surface area contributed by atoms with Crippen molar-refractivity contribution in [1.29, 1.82) is 5.26 Å². The predicted octanol–water partition coefficient (Wildman–Crippen LogP) is 1.37. The zero-order valence-corrected chi connectivity index (χ0v) is 11.9. The van der Waals surface area contributed by atoms with Crippen molar-refractivity contribution in [3.8, 4) is 6.07 Å². The van der Waals surface area contributed by atoms with Crippen LogP contribution in [-0.2, 0) is 9.84 Å². The molecule has 0 radical (unpaired) electrons. The molecule has 1 aromatic rings. The molecule has 1 amide bonds. The number of hydrogen-bond donors (Lipinski definition) is 1. The minimum absolute atomic E-state index is 0.00393. The summed E-state index contributed by atoms with van der Waals surface area (Å²) in [6, 6.07) is 7.06. The van der Waals surface area contributed by atoms with Crippen LogP contribution in [0.2, 0.25) is 0 Å². The molecule has 5 nitrogen and oxygen atoms in total. The molecule has 102 valence electrons. The largest absolute Gasteiger partial charge is 0.336 e. The molecule has 1 aromatic carbocycles. The summed E-state index contributed by atoms with van der Waals surface area (Å²) in [5.41, 5.74) is 0.327. The number of rotatable bonds is 4. The number of carbonyl (C=O) groups is 1. The molecule has 0 saturated heterocycles. The van der Waals surface area contributed by atoms with Crippen molar-refractivity contribution in [3.63, 3.8) is 0 Å². The molecule has 0 saturated carbocycles. The molecule has 0 aromatic heterocycles. The number of amides is 1. The van der Waals surface area contributed by atoms with Gasteiger partial charge < -0.3 is 5.32 Å². The Balaban J connectivity index is 2.88. The number of nitrogens with zero attached hydrogens (tertiary/aromatic N) is 1. The van der Waals surface area contributed by atoms with Crippen molar-refractivity contribution in [2.24, 2.45) is 5.92 Å². The van der Waals surface area contributed by atoms with Gasteiger partial charge in [-0.15, -0.1) is 0 Å². The summed E-state index contributed by atoms with van der Waals surface area (Å²) < 4.78 is 22.6. The molecule has 0 spiro atoms. The Morgan fingerprint density at radius 2 is 1.79 bits per heavy atom. The van der Waals surface area contributed by atoms with E-state index in [0.717, 1.165) is 6.26 Å². The third-order valence-corrected chi connectivity index (χ3v) is 3.77. The molecule has 0 fully saturated rings. The Kier molecular flexibility index (Phi) is 4.67. The van der Waals surface area contributed by atoms with Crippen molar-refractivity contribution in [3.05, 3.63) is 29.8 Å². The van der Waals surface area contributed by atoms with E-state index in [1.54, 1.807) is 0 Å². The first-order chi connectivity index (χ1) is 8.75. The summed E-state index contributed by atoms with van der Waals surface area (Å²) in [6.07, 6.45) is 1.10. The molecule has 6 heteroatoms. The van der Waals surface area contributed by atoms with E-state index < -0.39 is 15.9 Å². The zero-order chi connectivity index (χ0) is 14.6. The van der Waals surface area contributed by atoms with Gasteiger partial charge in [0.25, 0.3) is 5.91 Å². The molecule has 1 rings (SSSR count). The fourth-order valence-corrected chi connectivity index (χ4v) is 2.06. The van der Waals surface area contributed by atoms with Crippen LogP contribution in [0, 0.1) is 17.2 Å². The van der Waals surface area contributed by atoms with E-state index in [9.17, 15) is 13.2 Å². The Hall–Kier alpha value is -1.87. The molecule has 19 heavy (non-hydrogen) atoms. The lowest BCUT2D eigenvalue weighted by molar-refractivity contribution is 0.0937. The van der Waals surface area contributed by atoms with Crippen molar-refractivity contribution in [1.82, 2.24) is 5.32 Å². The SMILES string of the molecule is CC(C)C(C#N)NC(=O)c1ccc(S(C)(=O)=O)cc1. The van der Waals surface area contributed by atoms with Crippen LogP contribution in [0.15, 0.2) is 29.2 Å². The van der Waals surface area contributed by atoms with E-state index >= 15 is 0 Å². The van der Waals surface area contributed by atoms with Gasteiger partial charge in [-0.2, -0.15) is 5.26 Å². The summed E-state index contributed by atoms with van der Waals surface area (Å²) in [5, 5.41) is 11.5. The molecule has 0 aliphatic rings. The molecule has 0 aliphatic heterocycles. The second-order valence-electron chi connectivity index (χ2n) is 4.62. The summed E-state index contributed by atoms with van der Waals surface area (Å²) in [4.78, 5) is 12.0. The van der Waals surface area contributed by atoms with E-state index in [4.69, 9.17) is 5.26 Å². The van der Waals surface area contributed by atoms with Gasteiger partial charge in [-0.1, -0.05) is 13.8 Å². The number of nitrogens with one attached hydrogen (secondary N) is 1. The van der Waals surface area contributed by atoms with Gasteiger partial charge in [-0.25, -0.2) is 8.42 Å². The molecule has 0 bridgehead atoms. The lowest BCUT2D eigenvalue weighted by atomic mass is 10.1. The first-order valence-corrected chi connectivity index (χ1v) is 7.65. The van der Waals surface area contributed by atoms with Gasteiger partial charge in [0.05, 0.1) is 11.0 Å². The van der Waals surface area contributed by atoms with Crippen LogP contribution < -0.4 is 5.32 Å². The minimum Gasteiger partial charge on any atom is -0.336 e. The van der Waals surface area contributed by atoms with Gasteiger partial charge in [0.2, 0.25) is 0 Å². The maximum absolute atomic E-state index is 11.9. The normalized spacial score (nSPS) is 12.8. The first-order valence-electron chi connectivity index (χ1n) is 5.76. The van der Waals surface area contributed by atoms with Crippen LogP contribution in [0.5, 0.6) is 0 Å². The maximum atomic E-state index is 11.9. The van der Waals surface area contributed by atoms with Crippen LogP contribution in [0.4, 0.5) is 0 Å². The van der Waals surface area contributed by atoms with Gasteiger partial charge in [0, 0.05) is 11.8 Å². The number of nitriles is 1. The lowest BCUT2D eigenvalue weighted by Gasteiger charge is -2.14. The Labute approximate surface area is 113 Å². The fourth-order valence-electron chi connectivity index (χ4n) is 1.43. The van der Waals surface area contributed by atoms with Crippen molar-refractivity contribution < 1.29 is 13.2 Å². The van der Waals surface area contributed by atoms with Crippen molar-refractivity contribution >= 4 is 15.7 Å². The van der Waals surface area contributed by atoms with Crippen LogP contribution in [0.1, 0.15) is 24.2 Å². The topological polar surface area (TPSA) is 87.0 Å². The second kappa shape index (κ2) is 5.85. The highest BCUT2D eigenvalue weighted by atomic mass is 32.2. The third kappa shape index (κ3) is 4.07. The van der Waals surface area contributed by atoms with E-state index in [1.165, 1.54) is 24.3 Å². The van der Waals surface area contributed by atoms with E-state index in [0.29, 0.717) is 5.56 Å². The Bertz CT molecular complexity index is 598. The van der Waals surface area contributed by atoms with Gasteiger partial charge in [0.1, 0.15) is 6.04 Å². The fraction of sp³-hybridized carbons (Fsp3) is 0.385. The maximum Gasteiger partial charge on any atom is 0.252 e. The third-order valence-electron chi connectivity index (χ3n) is 2.64. The van der Waals surface area contributed by atoms with Crippen molar-refractivity contribution in [2.45, 2.75) is 24.8 Å². The van der Waals surface area contributed by atoms with Crippen LogP contribution >= 0.6 is 0 Å². The monoisotopic (exact) mass is 280 g/mol. The lowest BCUT2D eigenvalue weighted by Crippen LogP contribution is -2.37. The first kappa shape index (κ1) is 15.2. The minimum atomic E-state index is -3.27. The molecule has 1 N–H and O–H groups in total. The standard InChI is InChI=1S/C13H16N2O3S/c1-9(2)12(8-14)15-13(16)10-4-6-11(7-5-10)19(3,17)18/h4-7,9,12H,1-3H3,(H,15,16). The number of sulfone groups is 1. The van der Waals surface area contributed by atoms with Gasteiger partial charge >= 0.3 is 0 Å². The number of hydrogen-bond acceptors (Lipinski definition) is 4. The van der Waals surface area contributed by atoms with Crippen molar-refractivity contribution in [2.75, 3.05) is 6.26 Å². The second-order valence-corrected chi connectivity index (χ2v) is 6.64. The molecular weight excluding hydrogens is 264 g/mol. The van der Waals surface area contributed by atoms with E-state index in [-0.39, 0.29) is 16.7 Å². The van der Waals surface area contributed by atoms with E-state index in [2.05, 4.69) is 5.32 Å². The quantitative estimate of drug-likeness (QED) is 0.902. The van der Waals surface area contributed by atoms with Gasteiger partial charge in [-0.3, -0.25) is 4.79 Å². The summed E-state index contributed by atoms with van der Waals surface area (Å²) in [6.45, 7) is 3.67. The van der Waals surface area contributed by atoms with Crippen LogP contribution in [0.3, 0.4) is 0 Å². The highest BCUT2D eigenvalue weighted by Gasteiger charge is 2.16. The number of benzene rings is 1. The van der Waals surface area contributed by atoms with Gasteiger partial charge in [-0.05, 0) is 30.2 Å². The summed E-state index contributed by atoms with van der Waals surface area (Å²) in [7, 11) is -3.27. The predicted molar refractivity (Wildman–Crippen MR) is 71.3 cm³/mol. The number of carbonyl (C=O) groups excluding carboxylic acids is 1. The van der Waals surface area contributed by atoms with Crippen LogP contribution in [0.25, 0.3) is 0 Å². The van der Waals surface area contributed by atoms with E-state index in [1.807, 2.05) is 19.9 Å². The summed E-state index contributed by atoms with van der Waals surface area (Å²) >= 11 is 0. The Morgan fingerprint density at radius 3 is 2.16 bits per heavy atom. The molecule has 0 heterocycles. The summed E-state index contributed by atoms with van der Waals surface area (Å²) in [5.74, 6) is -0.385. The smallest absolute Gasteiger partial charge is 0.252 e. The average molecular weight is 280 g/mol. The zero-order valence-electron chi connectivity index (χ0n) is 11.0. The Morgan fingerprint density at radius 1 is 1.26 bits per heavy atom. The molecule has 1 atom stereocenters. The average Bonchev–Trinajstić information content (AvgIpc) is 2.34. The highest BCUT2D eigenvalue weighted by Crippen LogP contribution is 2.11.